The Morgan fingerprint density at radius 1 is 0.871 bits per heavy atom. The lowest BCUT2D eigenvalue weighted by atomic mass is 9.46. The lowest BCUT2D eigenvalue weighted by Gasteiger charge is -2.63. The average molecular weight is 431 g/mol. The number of rotatable bonds is 6. The summed E-state index contributed by atoms with van der Waals surface area (Å²) in [6.07, 6.45) is 12.3. The maximum atomic E-state index is 13.8. The van der Waals surface area contributed by atoms with Crippen molar-refractivity contribution in [2.45, 2.75) is 104 Å². The van der Waals surface area contributed by atoms with E-state index in [4.69, 9.17) is 9.47 Å². The van der Waals surface area contributed by atoms with Crippen LogP contribution in [-0.4, -0.2) is 23.1 Å². The normalized spacial score (nSPS) is 39.8. The van der Waals surface area contributed by atoms with Crippen LogP contribution in [0.1, 0.15) is 92.4 Å². The first-order valence-corrected chi connectivity index (χ1v) is 12.6. The molecule has 0 radical (unpaired) electrons. The van der Waals surface area contributed by atoms with Gasteiger partial charge < -0.3 is 9.47 Å². The molecule has 0 saturated heterocycles. The smallest absolute Gasteiger partial charge is 0.330 e. The highest BCUT2D eigenvalue weighted by Gasteiger charge is 2.64. The van der Waals surface area contributed by atoms with E-state index in [1.54, 1.807) is 0 Å². The van der Waals surface area contributed by atoms with Gasteiger partial charge in [-0.05, 0) is 108 Å². The molecule has 174 valence electrons. The first-order chi connectivity index (χ1) is 14.5. The molecule has 0 spiro atoms. The van der Waals surface area contributed by atoms with E-state index < -0.39 is 17.0 Å². The molecule has 0 aromatic heterocycles. The maximum absolute atomic E-state index is 13.8. The zero-order valence-corrected chi connectivity index (χ0v) is 20.2. The van der Waals surface area contributed by atoms with Gasteiger partial charge in [0.25, 0.3) is 0 Å². The maximum Gasteiger partial charge on any atom is 0.330 e. The second kappa shape index (κ2) is 7.92. The second-order valence-electron chi connectivity index (χ2n) is 12.3. The van der Waals surface area contributed by atoms with E-state index in [1.165, 1.54) is 57.8 Å². The fourth-order valence-corrected chi connectivity index (χ4v) is 7.50. The highest BCUT2D eigenvalue weighted by Crippen LogP contribution is 2.64. The van der Waals surface area contributed by atoms with Gasteiger partial charge in [0.05, 0.1) is 0 Å². The van der Waals surface area contributed by atoms with Crippen LogP contribution in [0.2, 0.25) is 0 Å². The number of ether oxygens (including phenoxy) is 2. The van der Waals surface area contributed by atoms with Crippen molar-refractivity contribution in [1.29, 1.82) is 0 Å². The molecular weight excluding hydrogens is 388 g/mol. The van der Waals surface area contributed by atoms with Crippen LogP contribution in [0.4, 0.5) is 0 Å². The summed E-state index contributed by atoms with van der Waals surface area (Å²) in [5, 5.41) is 0. The molecule has 5 aliphatic carbocycles. The van der Waals surface area contributed by atoms with E-state index in [1.807, 2.05) is 27.7 Å². The van der Waals surface area contributed by atoms with Crippen molar-refractivity contribution >= 4 is 11.9 Å². The van der Waals surface area contributed by atoms with Gasteiger partial charge in [-0.1, -0.05) is 26.3 Å². The lowest BCUT2D eigenvalue weighted by Crippen LogP contribution is -2.65. The third kappa shape index (κ3) is 3.76. The van der Waals surface area contributed by atoms with Gasteiger partial charge in [-0.15, -0.1) is 0 Å². The number of carbonyl (C=O) groups excluding carboxylic acids is 2. The van der Waals surface area contributed by atoms with Crippen LogP contribution in [-0.2, 0) is 19.1 Å². The second-order valence-corrected chi connectivity index (χ2v) is 12.3. The Morgan fingerprint density at radius 3 is 1.87 bits per heavy atom. The molecule has 31 heavy (non-hydrogen) atoms. The van der Waals surface area contributed by atoms with Gasteiger partial charge in [-0.25, -0.2) is 4.79 Å². The van der Waals surface area contributed by atoms with Crippen LogP contribution in [0.15, 0.2) is 12.7 Å². The molecule has 4 nitrogen and oxygen atoms in total. The first kappa shape index (κ1) is 22.9. The number of esters is 2. The van der Waals surface area contributed by atoms with Gasteiger partial charge in [0, 0.05) is 6.08 Å². The molecule has 0 aromatic carbocycles. The summed E-state index contributed by atoms with van der Waals surface area (Å²) in [5.41, 5.74) is -2.25. The van der Waals surface area contributed by atoms with E-state index in [2.05, 4.69) is 13.5 Å². The standard InChI is InChI=1S/C27H42O4/c1-7-23(28)30-26(5,6)25(3,4)24(29)31-27(20-10-8-17(2)9-11-20)21-13-18-12-19(15-21)16-22(27)14-18/h7,17-22H,1,8-16H2,2-6H3. The van der Waals surface area contributed by atoms with Crippen LogP contribution in [0, 0.1) is 40.9 Å². The van der Waals surface area contributed by atoms with Crippen LogP contribution < -0.4 is 0 Å². The highest BCUT2D eigenvalue weighted by atomic mass is 16.6. The van der Waals surface area contributed by atoms with Crippen molar-refractivity contribution in [3.05, 3.63) is 12.7 Å². The summed E-state index contributed by atoms with van der Waals surface area (Å²) >= 11 is 0. The van der Waals surface area contributed by atoms with Gasteiger partial charge in [-0.3, -0.25) is 4.79 Å². The molecule has 0 heterocycles. The number of hydrogen-bond donors (Lipinski definition) is 0. The Kier molecular flexibility index (Phi) is 5.84. The van der Waals surface area contributed by atoms with Crippen LogP contribution >= 0.6 is 0 Å². The van der Waals surface area contributed by atoms with Crippen LogP contribution in [0.3, 0.4) is 0 Å². The Balaban J connectivity index is 1.63. The minimum Gasteiger partial charge on any atom is -0.458 e. The lowest BCUT2D eigenvalue weighted by molar-refractivity contribution is -0.245. The zero-order valence-electron chi connectivity index (χ0n) is 20.2. The zero-order chi connectivity index (χ0) is 22.6. The summed E-state index contributed by atoms with van der Waals surface area (Å²) in [4.78, 5) is 25.8. The van der Waals surface area contributed by atoms with Crippen molar-refractivity contribution in [2.24, 2.45) is 40.9 Å². The van der Waals surface area contributed by atoms with Crippen molar-refractivity contribution < 1.29 is 19.1 Å². The largest absolute Gasteiger partial charge is 0.458 e. The van der Waals surface area contributed by atoms with Crippen molar-refractivity contribution in [3.63, 3.8) is 0 Å². The average Bonchev–Trinajstić information content (AvgIpc) is 2.70. The first-order valence-electron chi connectivity index (χ1n) is 12.6. The summed E-state index contributed by atoms with van der Waals surface area (Å²) in [5.74, 6) is 3.19. The fraction of sp³-hybridized carbons (Fsp3) is 0.852. The van der Waals surface area contributed by atoms with Crippen molar-refractivity contribution in [3.8, 4) is 0 Å². The van der Waals surface area contributed by atoms with Gasteiger partial charge in [0.1, 0.15) is 16.6 Å². The Bertz CT molecular complexity index is 698. The van der Waals surface area contributed by atoms with E-state index in [0.717, 1.165) is 23.8 Å². The molecule has 0 aliphatic heterocycles. The third-order valence-corrected chi connectivity index (χ3v) is 9.88. The van der Waals surface area contributed by atoms with Crippen LogP contribution in [0.25, 0.3) is 0 Å². The molecule has 4 bridgehead atoms. The molecular formula is C27H42O4. The molecule has 0 unspecified atom stereocenters. The summed E-state index contributed by atoms with van der Waals surface area (Å²) in [6.45, 7) is 13.2. The van der Waals surface area contributed by atoms with E-state index >= 15 is 0 Å². The fourth-order valence-electron chi connectivity index (χ4n) is 7.50. The summed E-state index contributed by atoms with van der Waals surface area (Å²) in [6, 6.07) is 0. The third-order valence-electron chi connectivity index (χ3n) is 9.88. The molecule has 5 saturated carbocycles. The molecule has 5 fully saturated rings. The summed E-state index contributed by atoms with van der Waals surface area (Å²) < 4.78 is 12.4. The number of hydrogen-bond acceptors (Lipinski definition) is 4. The van der Waals surface area contributed by atoms with Crippen LogP contribution in [0.5, 0.6) is 0 Å². The Labute approximate surface area is 188 Å². The van der Waals surface area contributed by atoms with Crippen molar-refractivity contribution in [1.82, 2.24) is 0 Å². The molecule has 0 aromatic rings. The predicted octanol–water partition coefficient (Wildman–Crippen LogP) is 6.08. The van der Waals surface area contributed by atoms with Crippen molar-refractivity contribution in [2.75, 3.05) is 0 Å². The van der Waals surface area contributed by atoms with E-state index in [0.29, 0.717) is 17.8 Å². The van der Waals surface area contributed by atoms with Gasteiger partial charge in [0.15, 0.2) is 0 Å². The number of carbonyl (C=O) groups is 2. The minimum atomic E-state index is -0.983. The van der Waals surface area contributed by atoms with E-state index in [-0.39, 0.29) is 11.6 Å². The quantitative estimate of drug-likeness (QED) is 0.378. The minimum absolute atomic E-state index is 0.208. The molecule has 5 aliphatic rings. The molecule has 5 rings (SSSR count). The topological polar surface area (TPSA) is 52.6 Å². The van der Waals surface area contributed by atoms with E-state index in [9.17, 15) is 9.59 Å². The highest BCUT2D eigenvalue weighted by molar-refractivity contribution is 5.83. The molecule has 0 amide bonds. The Hall–Kier alpha value is -1.32. The molecule has 0 atom stereocenters. The van der Waals surface area contributed by atoms with Gasteiger partial charge in [-0.2, -0.15) is 0 Å². The summed E-state index contributed by atoms with van der Waals surface area (Å²) in [7, 11) is 0. The SMILES string of the molecule is C=CC(=O)OC(C)(C)C(C)(C)C(=O)OC1(C2CCC(C)CC2)C2CC3CC(C2)CC1C3. The molecule has 0 N–H and O–H groups in total. The molecule has 4 heteroatoms. The monoisotopic (exact) mass is 430 g/mol. The Morgan fingerprint density at radius 2 is 1.39 bits per heavy atom. The van der Waals surface area contributed by atoms with Gasteiger partial charge >= 0.3 is 11.9 Å². The van der Waals surface area contributed by atoms with Gasteiger partial charge in [0.2, 0.25) is 0 Å². The predicted molar refractivity (Wildman–Crippen MR) is 121 cm³/mol.